The number of fused-ring (bicyclic) bond motifs is 1. The number of esters is 1. The summed E-state index contributed by atoms with van der Waals surface area (Å²) >= 11 is 7.04. The number of amides is 1. The Morgan fingerprint density at radius 1 is 1.15 bits per heavy atom. The maximum atomic E-state index is 12.5. The Morgan fingerprint density at radius 2 is 1.88 bits per heavy atom. The molecule has 1 aromatic heterocycles. The third-order valence-corrected chi connectivity index (χ3v) is 7.79. The molecule has 3 aromatic rings. The normalized spacial score (nSPS) is 12.2. The fourth-order valence-electron chi connectivity index (χ4n) is 3.08. The molecule has 0 aliphatic carbocycles. The van der Waals surface area contributed by atoms with E-state index < -0.39 is 21.7 Å². The van der Waals surface area contributed by atoms with E-state index in [4.69, 9.17) is 21.1 Å². The van der Waals surface area contributed by atoms with Crippen molar-refractivity contribution in [2.24, 2.45) is 4.99 Å². The van der Waals surface area contributed by atoms with Gasteiger partial charge in [0.1, 0.15) is 12.3 Å². The molecule has 176 valence electrons. The number of benzene rings is 2. The number of ether oxygens (including phenoxy) is 2. The number of rotatable bonds is 9. The van der Waals surface area contributed by atoms with Crippen LogP contribution in [0, 0.1) is 0 Å². The molecule has 0 aliphatic rings. The lowest BCUT2D eigenvalue weighted by Gasteiger charge is -2.05. The molecule has 3 rings (SSSR count). The van der Waals surface area contributed by atoms with Gasteiger partial charge in [-0.3, -0.25) is 9.59 Å². The van der Waals surface area contributed by atoms with Crippen LogP contribution in [0.3, 0.4) is 0 Å². The molecule has 33 heavy (non-hydrogen) atoms. The van der Waals surface area contributed by atoms with Crippen LogP contribution < -0.4 is 9.54 Å². The molecule has 0 N–H and O–H groups in total. The largest absolute Gasteiger partial charge is 0.494 e. The molecule has 2 aromatic carbocycles. The van der Waals surface area contributed by atoms with E-state index in [2.05, 4.69) is 4.99 Å². The fourth-order valence-corrected chi connectivity index (χ4v) is 5.59. The number of hydrogen-bond donors (Lipinski definition) is 0. The molecular formula is C22H23ClN2O6S2. The van der Waals surface area contributed by atoms with E-state index >= 15 is 0 Å². The van der Waals surface area contributed by atoms with Gasteiger partial charge in [-0.25, -0.2) is 8.42 Å². The average molecular weight is 511 g/mol. The minimum atomic E-state index is -3.53. The van der Waals surface area contributed by atoms with Gasteiger partial charge < -0.3 is 14.0 Å². The Hall–Kier alpha value is -2.69. The van der Waals surface area contributed by atoms with E-state index in [1.54, 1.807) is 16.7 Å². The summed E-state index contributed by atoms with van der Waals surface area (Å²) in [6.07, 6.45) is 0.0627. The van der Waals surface area contributed by atoms with Crippen LogP contribution in [0.5, 0.6) is 5.75 Å². The number of hydrogen-bond acceptors (Lipinski definition) is 7. The van der Waals surface area contributed by atoms with E-state index in [1.807, 2.05) is 13.0 Å². The Morgan fingerprint density at radius 3 is 2.55 bits per heavy atom. The summed E-state index contributed by atoms with van der Waals surface area (Å²) in [5.74, 6) is -0.479. The summed E-state index contributed by atoms with van der Waals surface area (Å²) in [6.45, 7) is 2.28. The highest BCUT2D eigenvalue weighted by molar-refractivity contribution is 7.91. The molecular weight excluding hydrogens is 488 g/mol. The number of carbonyl (C=O) groups is 2. The van der Waals surface area contributed by atoms with E-state index in [-0.39, 0.29) is 30.0 Å². The zero-order chi connectivity index (χ0) is 24.0. The summed E-state index contributed by atoms with van der Waals surface area (Å²) in [4.78, 5) is 29.0. The number of aromatic nitrogens is 1. The summed E-state index contributed by atoms with van der Waals surface area (Å²) in [6, 6.07) is 11.3. The first-order chi connectivity index (χ1) is 15.7. The highest BCUT2D eigenvalue weighted by Crippen LogP contribution is 2.24. The molecule has 0 bridgehead atoms. The maximum Gasteiger partial charge on any atom is 0.325 e. The standard InChI is InChI=1S/C22H23ClN2O6S2/c1-3-31-16-8-11-18-19(13-16)32-22(25(18)14-21(27)30-2)24-20(26)5-4-12-33(28,29)17-9-6-15(23)7-10-17/h6-11,13H,3-5,12,14H2,1-2H3. The zero-order valence-corrected chi connectivity index (χ0v) is 20.5. The van der Waals surface area contributed by atoms with Gasteiger partial charge in [-0.1, -0.05) is 22.9 Å². The summed E-state index contributed by atoms with van der Waals surface area (Å²) in [5, 5.41) is 0.444. The van der Waals surface area contributed by atoms with Gasteiger partial charge in [0.15, 0.2) is 14.6 Å². The van der Waals surface area contributed by atoms with Crippen LogP contribution in [-0.4, -0.2) is 44.3 Å². The van der Waals surface area contributed by atoms with Crippen molar-refractivity contribution in [1.29, 1.82) is 0 Å². The number of methoxy groups -OCH3 is 1. The van der Waals surface area contributed by atoms with Crippen molar-refractivity contribution in [2.45, 2.75) is 31.2 Å². The van der Waals surface area contributed by atoms with Crippen LogP contribution in [0.1, 0.15) is 19.8 Å². The topological polar surface area (TPSA) is 104 Å². The lowest BCUT2D eigenvalue weighted by atomic mass is 10.3. The molecule has 0 unspecified atom stereocenters. The minimum absolute atomic E-state index is 0.0521. The highest BCUT2D eigenvalue weighted by atomic mass is 35.5. The van der Waals surface area contributed by atoms with E-state index in [9.17, 15) is 18.0 Å². The predicted molar refractivity (Wildman–Crippen MR) is 126 cm³/mol. The second-order valence-corrected chi connectivity index (χ2v) is 10.5. The molecule has 0 radical (unpaired) electrons. The molecule has 0 atom stereocenters. The van der Waals surface area contributed by atoms with Gasteiger partial charge in [-0.2, -0.15) is 4.99 Å². The Kier molecular flexibility index (Phi) is 8.28. The van der Waals surface area contributed by atoms with Gasteiger partial charge in [0.2, 0.25) is 5.91 Å². The summed E-state index contributed by atoms with van der Waals surface area (Å²) in [5.41, 5.74) is 0.714. The Labute approximate surface area is 200 Å². The lowest BCUT2D eigenvalue weighted by Crippen LogP contribution is -2.22. The Bertz CT molecular complexity index is 1330. The average Bonchev–Trinajstić information content (AvgIpc) is 3.10. The molecule has 0 spiro atoms. The van der Waals surface area contributed by atoms with Gasteiger partial charge >= 0.3 is 5.97 Å². The number of halogens is 1. The zero-order valence-electron chi connectivity index (χ0n) is 18.1. The second kappa shape index (κ2) is 11.0. The summed E-state index contributed by atoms with van der Waals surface area (Å²) in [7, 11) is -2.25. The third-order valence-electron chi connectivity index (χ3n) is 4.68. The molecule has 11 heteroatoms. The predicted octanol–water partition coefficient (Wildman–Crippen LogP) is 3.61. The first-order valence-electron chi connectivity index (χ1n) is 10.1. The van der Waals surface area contributed by atoms with Gasteiger partial charge in [0, 0.05) is 11.4 Å². The van der Waals surface area contributed by atoms with Crippen molar-refractivity contribution >= 4 is 54.9 Å². The minimum Gasteiger partial charge on any atom is -0.494 e. The monoisotopic (exact) mass is 510 g/mol. The number of nitrogens with zero attached hydrogens (tertiary/aromatic N) is 2. The van der Waals surface area contributed by atoms with Crippen molar-refractivity contribution in [3.05, 3.63) is 52.3 Å². The lowest BCUT2D eigenvalue weighted by molar-refractivity contribution is -0.141. The smallest absolute Gasteiger partial charge is 0.325 e. The van der Waals surface area contributed by atoms with Crippen molar-refractivity contribution in [3.63, 3.8) is 0 Å². The fraction of sp³-hybridized carbons (Fsp3) is 0.318. The van der Waals surface area contributed by atoms with Crippen LogP contribution in [0.2, 0.25) is 5.02 Å². The molecule has 0 aliphatic heterocycles. The number of carbonyl (C=O) groups excluding carboxylic acids is 2. The van der Waals surface area contributed by atoms with Gasteiger partial charge in [0.05, 0.1) is 34.6 Å². The first-order valence-corrected chi connectivity index (χ1v) is 13.0. The molecule has 0 fully saturated rings. The first kappa shape index (κ1) is 24.9. The molecule has 1 amide bonds. The number of thiazole rings is 1. The maximum absolute atomic E-state index is 12.5. The SMILES string of the molecule is CCOc1ccc2c(c1)sc(=NC(=O)CCCS(=O)(=O)c1ccc(Cl)cc1)n2CC(=O)OC. The van der Waals surface area contributed by atoms with E-state index in [0.29, 0.717) is 27.7 Å². The molecule has 1 heterocycles. The highest BCUT2D eigenvalue weighted by Gasteiger charge is 2.16. The third kappa shape index (κ3) is 6.43. The van der Waals surface area contributed by atoms with E-state index in [0.717, 1.165) is 4.70 Å². The molecule has 0 saturated carbocycles. The van der Waals surface area contributed by atoms with Crippen LogP contribution in [0.15, 0.2) is 52.4 Å². The van der Waals surface area contributed by atoms with Crippen LogP contribution >= 0.6 is 22.9 Å². The molecule has 8 nitrogen and oxygen atoms in total. The van der Waals surface area contributed by atoms with Gasteiger partial charge in [-0.15, -0.1) is 0 Å². The van der Waals surface area contributed by atoms with Crippen molar-refractivity contribution in [1.82, 2.24) is 4.57 Å². The Balaban J connectivity index is 1.80. The second-order valence-electron chi connectivity index (χ2n) is 6.99. The quantitative estimate of drug-likeness (QED) is 0.407. The summed E-state index contributed by atoms with van der Waals surface area (Å²) < 4.78 is 37.6. The van der Waals surface area contributed by atoms with E-state index in [1.165, 1.54) is 42.7 Å². The van der Waals surface area contributed by atoms with Crippen LogP contribution in [0.4, 0.5) is 0 Å². The van der Waals surface area contributed by atoms with Gasteiger partial charge in [-0.05, 0) is 55.8 Å². The van der Waals surface area contributed by atoms with Crippen molar-refractivity contribution in [2.75, 3.05) is 19.5 Å². The van der Waals surface area contributed by atoms with Crippen molar-refractivity contribution in [3.8, 4) is 5.75 Å². The van der Waals surface area contributed by atoms with Gasteiger partial charge in [0.25, 0.3) is 0 Å². The number of sulfone groups is 1. The van der Waals surface area contributed by atoms with Crippen LogP contribution in [0.25, 0.3) is 10.2 Å². The van der Waals surface area contributed by atoms with Crippen molar-refractivity contribution < 1.29 is 27.5 Å². The van der Waals surface area contributed by atoms with Crippen LogP contribution in [-0.2, 0) is 30.7 Å². The molecule has 0 saturated heterocycles.